The smallest absolute Gasteiger partial charge is 0.280 e. The molecule has 2 bridgehead atoms. The number of aromatic nitrogens is 1. The van der Waals surface area contributed by atoms with E-state index >= 15 is 0 Å². The van der Waals surface area contributed by atoms with Crippen LogP contribution in [0.4, 0.5) is 0 Å². The molecule has 3 aliphatic rings. The van der Waals surface area contributed by atoms with Crippen LogP contribution in [0.15, 0.2) is 23.7 Å². The Hall–Kier alpha value is -1.24. The number of thiazole rings is 1. The standard InChI is InChI=1S/C16H19N3OS2/c1-10-14(11-4-6-19(10)7-5-11)18-15(20)16-17-9-13(22-16)12-3-2-8-21-12/h2-3,8-11,14H,4-7H2,1H3,(H,18,20)/t10-,14-/m0/s1. The van der Waals surface area contributed by atoms with Gasteiger partial charge in [-0.25, -0.2) is 4.98 Å². The second-order valence-corrected chi connectivity index (χ2v) is 8.10. The molecule has 2 atom stereocenters. The van der Waals surface area contributed by atoms with Crippen molar-refractivity contribution in [3.8, 4) is 9.75 Å². The summed E-state index contributed by atoms with van der Waals surface area (Å²) in [6.07, 6.45) is 4.21. The van der Waals surface area contributed by atoms with Gasteiger partial charge in [0, 0.05) is 23.2 Å². The molecule has 5 rings (SSSR count). The maximum absolute atomic E-state index is 12.5. The molecule has 3 saturated heterocycles. The molecule has 6 heteroatoms. The first kappa shape index (κ1) is 14.4. The molecule has 0 aliphatic carbocycles. The molecule has 3 fully saturated rings. The first-order chi connectivity index (χ1) is 10.7. The van der Waals surface area contributed by atoms with Gasteiger partial charge in [0.25, 0.3) is 5.91 Å². The molecule has 116 valence electrons. The van der Waals surface area contributed by atoms with Crippen molar-refractivity contribution < 1.29 is 4.79 Å². The first-order valence-electron chi connectivity index (χ1n) is 7.77. The lowest BCUT2D eigenvalue weighted by atomic mass is 9.79. The summed E-state index contributed by atoms with van der Waals surface area (Å²) in [6, 6.07) is 4.79. The van der Waals surface area contributed by atoms with E-state index in [1.54, 1.807) is 11.3 Å². The number of nitrogens with one attached hydrogen (secondary N) is 1. The van der Waals surface area contributed by atoms with Crippen LogP contribution in [0.1, 0.15) is 29.6 Å². The number of thiophene rings is 1. The Bertz CT molecular complexity index is 657. The van der Waals surface area contributed by atoms with E-state index in [0.717, 1.165) is 4.88 Å². The molecule has 0 unspecified atom stereocenters. The lowest BCUT2D eigenvalue weighted by Gasteiger charge is -2.49. The Balaban J connectivity index is 1.48. The van der Waals surface area contributed by atoms with Gasteiger partial charge in [-0.05, 0) is 50.2 Å². The van der Waals surface area contributed by atoms with Crippen LogP contribution in [-0.4, -0.2) is 41.0 Å². The summed E-state index contributed by atoms with van der Waals surface area (Å²) in [5, 5.41) is 5.87. The van der Waals surface area contributed by atoms with Crippen molar-refractivity contribution in [3.05, 3.63) is 28.7 Å². The molecule has 5 heterocycles. The molecule has 2 aromatic heterocycles. The Labute approximate surface area is 138 Å². The van der Waals surface area contributed by atoms with Gasteiger partial charge in [-0.15, -0.1) is 22.7 Å². The van der Waals surface area contributed by atoms with Gasteiger partial charge in [-0.2, -0.15) is 0 Å². The van der Waals surface area contributed by atoms with Crippen LogP contribution >= 0.6 is 22.7 Å². The Morgan fingerprint density at radius 2 is 2.18 bits per heavy atom. The Kier molecular flexibility index (Phi) is 3.76. The summed E-state index contributed by atoms with van der Waals surface area (Å²) < 4.78 is 0. The normalized spacial score (nSPS) is 30.4. The monoisotopic (exact) mass is 333 g/mol. The maximum Gasteiger partial charge on any atom is 0.280 e. The SMILES string of the molecule is C[C@H]1[C@H](NC(=O)c2ncc(-c3cccs3)s2)C2CCN1CC2. The molecule has 4 nitrogen and oxygen atoms in total. The van der Waals surface area contributed by atoms with Crippen molar-refractivity contribution in [2.24, 2.45) is 5.92 Å². The lowest BCUT2D eigenvalue weighted by Crippen LogP contribution is -2.62. The second kappa shape index (κ2) is 5.76. The molecule has 1 N–H and O–H groups in total. The molecule has 0 radical (unpaired) electrons. The van der Waals surface area contributed by atoms with E-state index in [4.69, 9.17) is 0 Å². The van der Waals surface area contributed by atoms with E-state index in [0.29, 0.717) is 17.0 Å². The number of fused-ring (bicyclic) bond motifs is 3. The zero-order valence-electron chi connectivity index (χ0n) is 12.5. The molecule has 0 spiro atoms. The van der Waals surface area contributed by atoms with Gasteiger partial charge in [0.15, 0.2) is 5.01 Å². The van der Waals surface area contributed by atoms with Crippen LogP contribution in [0.3, 0.4) is 0 Å². The van der Waals surface area contributed by atoms with E-state index in [2.05, 4.69) is 28.2 Å². The fourth-order valence-corrected chi connectivity index (χ4v) is 5.31. The number of nitrogens with zero attached hydrogens (tertiary/aromatic N) is 2. The predicted molar refractivity (Wildman–Crippen MR) is 90.4 cm³/mol. The molecule has 22 heavy (non-hydrogen) atoms. The number of amides is 1. The molecule has 0 aromatic carbocycles. The number of hydrogen-bond donors (Lipinski definition) is 1. The molecular formula is C16H19N3OS2. The van der Waals surface area contributed by atoms with E-state index in [1.807, 2.05) is 17.6 Å². The van der Waals surface area contributed by atoms with Gasteiger partial charge in [-0.1, -0.05) is 6.07 Å². The minimum atomic E-state index is -0.0154. The third-order valence-corrected chi connectivity index (χ3v) is 7.00. The number of rotatable bonds is 3. The lowest BCUT2D eigenvalue weighted by molar-refractivity contribution is 0.0217. The van der Waals surface area contributed by atoms with Crippen LogP contribution < -0.4 is 5.32 Å². The number of piperidine rings is 3. The van der Waals surface area contributed by atoms with Crippen LogP contribution in [0.5, 0.6) is 0 Å². The highest BCUT2D eigenvalue weighted by Crippen LogP contribution is 2.33. The molecule has 2 aromatic rings. The van der Waals surface area contributed by atoms with Crippen molar-refractivity contribution in [2.45, 2.75) is 31.8 Å². The van der Waals surface area contributed by atoms with Gasteiger partial charge >= 0.3 is 0 Å². The quantitative estimate of drug-likeness (QED) is 0.939. The molecular weight excluding hydrogens is 314 g/mol. The van der Waals surface area contributed by atoms with Crippen LogP contribution in [0.25, 0.3) is 9.75 Å². The topological polar surface area (TPSA) is 45.2 Å². The third-order valence-electron chi connectivity index (χ3n) is 4.94. The van der Waals surface area contributed by atoms with E-state index < -0.39 is 0 Å². The highest BCUT2D eigenvalue weighted by atomic mass is 32.1. The van der Waals surface area contributed by atoms with Gasteiger partial charge in [-0.3, -0.25) is 9.69 Å². The van der Waals surface area contributed by atoms with E-state index in [9.17, 15) is 4.79 Å². The summed E-state index contributed by atoms with van der Waals surface area (Å²) in [5.74, 6) is 0.610. The number of hydrogen-bond acceptors (Lipinski definition) is 5. The summed E-state index contributed by atoms with van der Waals surface area (Å²) in [5.41, 5.74) is 0. The predicted octanol–water partition coefficient (Wildman–Crippen LogP) is 3.08. The summed E-state index contributed by atoms with van der Waals surface area (Å²) >= 11 is 3.16. The van der Waals surface area contributed by atoms with Gasteiger partial charge < -0.3 is 5.32 Å². The fraction of sp³-hybridized carbons (Fsp3) is 0.500. The van der Waals surface area contributed by atoms with Crippen LogP contribution in [0, 0.1) is 5.92 Å². The van der Waals surface area contributed by atoms with Gasteiger partial charge in [0.1, 0.15) is 0 Å². The van der Waals surface area contributed by atoms with E-state index in [1.165, 1.54) is 42.1 Å². The fourth-order valence-electron chi connectivity index (χ4n) is 3.67. The van der Waals surface area contributed by atoms with Crippen molar-refractivity contribution in [3.63, 3.8) is 0 Å². The summed E-state index contributed by atoms with van der Waals surface area (Å²) in [7, 11) is 0. The van der Waals surface area contributed by atoms with Crippen molar-refractivity contribution in [1.29, 1.82) is 0 Å². The maximum atomic E-state index is 12.5. The zero-order chi connectivity index (χ0) is 15.1. The van der Waals surface area contributed by atoms with Gasteiger partial charge in [0.05, 0.1) is 4.88 Å². The van der Waals surface area contributed by atoms with Crippen LogP contribution in [0.2, 0.25) is 0 Å². The van der Waals surface area contributed by atoms with Crippen molar-refractivity contribution in [1.82, 2.24) is 15.2 Å². The molecule has 0 saturated carbocycles. The third kappa shape index (κ3) is 2.49. The van der Waals surface area contributed by atoms with E-state index in [-0.39, 0.29) is 11.9 Å². The number of carbonyl (C=O) groups is 1. The second-order valence-electron chi connectivity index (χ2n) is 6.12. The zero-order valence-corrected chi connectivity index (χ0v) is 14.1. The number of carbonyl (C=O) groups excluding carboxylic acids is 1. The van der Waals surface area contributed by atoms with Crippen molar-refractivity contribution in [2.75, 3.05) is 13.1 Å². The first-order valence-corrected chi connectivity index (χ1v) is 9.46. The average molecular weight is 333 g/mol. The van der Waals surface area contributed by atoms with Crippen LogP contribution in [-0.2, 0) is 0 Å². The minimum Gasteiger partial charge on any atom is -0.345 e. The Morgan fingerprint density at radius 1 is 1.36 bits per heavy atom. The minimum absolute atomic E-state index is 0.0154. The summed E-state index contributed by atoms with van der Waals surface area (Å²) in [6.45, 7) is 4.59. The summed E-state index contributed by atoms with van der Waals surface area (Å²) in [4.78, 5) is 21.6. The largest absolute Gasteiger partial charge is 0.345 e. The highest BCUT2D eigenvalue weighted by Gasteiger charge is 2.40. The Morgan fingerprint density at radius 3 is 2.86 bits per heavy atom. The van der Waals surface area contributed by atoms with Gasteiger partial charge in [0.2, 0.25) is 0 Å². The molecule has 3 aliphatic heterocycles. The average Bonchev–Trinajstić information content (AvgIpc) is 3.21. The molecule has 1 amide bonds. The highest BCUT2D eigenvalue weighted by molar-refractivity contribution is 7.22. The van der Waals surface area contributed by atoms with Crippen molar-refractivity contribution >= 4 is 28.6 Å².